The molecule has 0 saturated heterocycles. The van der Waals surface area contributed by atoms with Crippen molar-refractivity contribution in [2.45, 2.75) is 11.3 Å². The van der Waals surface area contributed by atoms with E-state index in [1.165, 1.54) is 29.2 Å². The lowest BCUT2D eigenvalue weighted by molar-refractivity contribution is -0.385. The maximum Gasteiger partial charge on any atom is 0.273 e. The molecule has 128 valence electrons. The van der Waals surface area contributed by atoms with Gasteiger partial charge in [0, 0.05) is 30.8 Å². The number of nitrogens with one attached hydrogen (secondary N) is 1. The Morgan fingerprint density at radius 1 is 1.46 bits per heavy atom. The minimum atomic E-state index is -0.484. The molecule has 0 unspecified atom stereocenters. The van der Waals surface area contributed by atoms with Crippen molar-refractivity contribution in [3.63, 3.8) is 0 Å². The second kappa shape index (κ2) is 8.71. The third-order valence-corrected chi connectivity index (χ3v) is 5.06. The second-order valence-electron chi connectivity index (χ2n) is 4.76. The maximum absolute atomic E-state index is 12.2. The van der Waals surface area contributed by atoms with Gasteiger partial charge in [0.1, 0.15) is 0 Å². The smallest absolute Gasteiger partial charge is 0.273 e. The topological polar surface area (TPSA) is 107 Å². The Labute approximate surface area is 146 Å². The summed E-state index contributed by atoms with van der Waals surface area (Å²) in [5.74, 6) is -0.0420. The van der Waals surface area contributed by atoms with Gasteiger partial charge < -0.3 is 10.1 Å². The quantitative estimate of drug-likeness (QED) is 0.237. The monoisotopic (exact) mass is 368 g/mol. The lowest BCUT2D eigenvalue weighted by Crippen LogP contribution is -2.06. The van der Waals surface area contributed by atoms with E-state index in [1.807, 2.05) is 0 Å². The number of anilines is 1. The van der Waals surface area contributed by atoms with E-state index >= 15 is 0 Å². The largest absolute Gasteiger partial charge is 0.383 e. The van der Waals surface area contributed by atoms with Gasteiger partial charge in [-0.1, -0.05) is 35.2 Å². The van der Waals surface area contributed by atoms with E-state index in [2.05, 4.69) is 15.5 Å². The van der Waals surface area contributed by atoms with Crippen LogP contribution in [0.4, 0.5) is 10.8 Å². The highest BCUT2D eigenvalue weighted by Crippen LogP contribution is 2.27. The molecule has 1 N–H and O–H groups in total. The summed E-state index contributed by atoms with van der Waals surface area (Å²) in [4.78, 5) is 22.7. The number of hydrogen-bond acceptors (Lipinski definition) is 9. The van der Waals surface area contributed by atoms with Crippen LogP contribution in [0.3, 0.4) is 0 Å². The van der Waals surface area contributed by atoms with Crippen LogP contribution in [0.15, 0.2) is 22.5 Å². The van der Waals surface area contributed by atoms with Gasteiger partial charge in [0.25, 0.3) is 5.69 Å². The highest BCUT2D eigenvalue weighted by molar-refractivity contribution is 8.01. The summed E-state index contributed by atoms with van der Waals surface area (Å²) < 4.78 is 5.59. The fraction of sp³-hybridized carbons (Fsp3) is 0.357. The van der Waals surface area contributed by atoms with Crippen LogP contribution in [-0.4, -0.2) is 46.9 Å². The number of ether oxygens (including phenoxy) is 1. The van der Waals surface area contributed by atoms with Crippen LogP contribution in [0, 0.1) is 17.0 Å². The standard InChI is InChI=1S/C14H16N4O4S2/c1-9-3-4-10(7-11(9)18(20)21)12(19)8-23-14-17-16-13(24-14)15-5-6-22-2/h3-4,7H,5-6,8H2,1-2H3,(H,15,16). The lowest BCUT2D eigenvalue weighted by atomic mass is 10.1. The molecule has 0 atom stereocenters. The first-order valence-corrected chi connectivity index (χ1v) is 8.79. The molecule has 10 heteroatoms. The van der Waals surface area contributed by atoms with Crippen LogP contribution in [0.5, 0.6) is 0 Å². The summed E-state index contributed by atoms with van der Waals surface area (Å²) in [6, 6.07) is 4.50. The molecule has 0 saturated carbocycles. The number of benzene rings is 1. The number of ketones is 1. The molecule has 2 aromatic rings. The summed E-state index contributed by atoms with van der Waals surface area (Å²) in [5, 5.41) is 22.6. The Kier molecular flexibility index (Phi) is 6.64. The van der Waals surface area contributed by atoms with Crippen LogP contribution in [0.1, 0.15) is 15.9 Å². The molecule has 0 spiro atoms. The molecular formula is C14H16N4O4S2. The number of nitro groups is 1. The second-order valence-corrected chi connectivity index (χ2v) is 6.96. The van der Waals surface area contributed by atoms with E-state index in [0.717, 1.165) is 0 Å². The van der Waals surface area contributed by atoms with E-state index in [1.54, 1.807) is 26.2 Å². The molecule has 2 rings (SSSR count). The molecule has 0 bridgehead atoms. The predicted molar refractivity (Wildman–Crippen MR) is 93.2 cm³/mol. The number of Topliss-reactive ketones (excluding diaryl/α,β-unsaturated/α-hetero) is 1. The molecule has 8 nitrogen and oxygen atoms in total. The summed E-state index contributed by atoms with van der Waals surface area (Å²) >= 11 is 2.60. The third kappa shape index (κ3) is 4.98. The van der Waals surface area contributed by atoms with E-state index in [0.29, 0.717) is 33.7 Å². The molecule has 1 aromatic heterocycles. The highest BCUT2D eigenvalue weighted by Gasteiger charge is 2.16. The number of rotatable bonds is 9. The number of hydrogen-bond donors (Lipinski definition) is 1. The van der Waals surface area contributed by atoms with Crippen molar-refractivity contribution >= 4 is 39.7 Å². The first kappa shape index (κ1) is 18.3. The van der Waals surface area contributed by atoms with Crippen molar-refractivity contribution in [1.82, 2.24) is 10.2 Å². The van der Waals surface area contributed by atoms with Crippen molar-refractivity contribution in [3.8, 4) is 0 Å². The van der Waals surface area contributed by atoms with E-state index < -0.39 is 4.92 Å². The average molecular weight is 368 g/mol. The van der Waals surface area contributed by atoms with Crippen LogP contribution in [0.25, 0.3) is 0 Å². The normalized spacial score (nSPS) is 10.6. The number of aromatic nitrogens is 2. The number of carbonyl (C=O) groups excluding carboxylic acids is 1. The first-order valence-electron chi connectivity index (χ1n) is 6.98. The summed E-state index contributed by atoms with van der Waals surface area (Å²) in [6.45, 7) is 2.83. The van der Waals surface area contributed by atoms with Gasteiger partial charge in [0.05, 0.1) is 17.3 Å². The number of nitro benzene ring substituents is 1. The molecule has 0 amide bonds. The summed E-state index contributed by atoms with van der Waals surface area (Å²) in [6.07, 6.45) is 0. The van der Waals surface area contributed by atoms with Crippen molar-refractivity contribution < 1.29 is 14.5 Å². The van der Waals surface area contributed by atoms with Crippen LogP contribution < -0.4 is 5.32 Å². The summed E-state index contributed by atoms with van der Waals surface area (Å²) in [5.41, 5.74) is 0.800. The number of methoxy groups -OCH3 is 1. The Balaban J connectivity index is 1.93. The van der Waals surface area contributed by atoms with E-state index in [4.69, 9.17) is 4.74 Å². The zero-order chi connectivity index (χ0) is 17.5. The molecule has 0 aliphatic rings. The van der Waals surface area contributed by atoms with E-state index in [-0.39, 0.29) is 17.2 Å². The average Bonchev–Trinajstić information content (AvgIpc) is 3.01. The molecule has 0 radical (unpaired) electrons. The fourth-order valence-corrected chi connectivity index (χ4v) is 3.46. The van der Waals surface area contributed by atoms with Gasteiger partial charge in [0.15, 0.2) is 10.1 Å². The van der Waals surface area contributed by atoms with Crippen molar-refractivity contribution in [1.29, 1.82) is 0 Å². The number of carbonyl (C=O) groups is 1. The van der Waals surface area contributed by atoms with Crippen molar-refractivity contribution in [2.75, 3.05) is 31.3 Å². The first-order chi connectivity index (χ1) is 11.5. The van der Waals surface area contributed by atoms with E-state index in [9.17, 15) is 14.9 Å². The molecule has 0 aliphatic heterocycles. The van der Waals surface area contributed by atoms with Crippen LogP contribution in [0.2, 0.25) is 0 Å². The van der Waals surface area contributed by atoms with Crippen molar-refractivity contribution in [3.05, 3.63) is 39.4 Å². The molecule has 0 aliphatic carbocycles. The minimum Gasteiger partial charge on any atom is -0.383 e. The Hall–Kier alpha value is -2.04. The van der Waals surface area contributed by atoms with Gasteiger partial charge in [-0.3, -0.25) is 14.9 Å². The Morgan fingerprint density at radius 3 is 2.96 bits per heavy atom. The SMILES string of the molecule is COCCNc1nnc(SCC(=O)c2ccc(C)c([N+](=O)[O-])c2)s1. The lowest BCUT2D eigenvalue weighted by Gasteiger charge is -2.02. The van der Waals surface area contributed by atoms with Gasteiger partial charge >= 0.3 is 0 Å². The molecule has 24 heavy (non-hydrogen) atoms. The number of thioether (sulfide) groups is 1. The fourth-order valence-electron chi connectivity index (χ4n) is 1.79. The zero-order valence-electron chi connectivity index (χ0n) is 13.1. The van der Waals surface area contributed by atoms with Crippen molar-refractivity contribution in [2.24, 2.45) is 0 Å². The van der Waals surface area contributed by atoms with Gasteiger partial charge in [0.2, 0.25) is 5.13 Å². The number of aryl methyl sites for hydroxylation is 1. The third-order valence-electron chi connectivity index (χ3n) is 3.04. The summed E-state index contributed by atoms with van der Waals surface area (Å²) in [7, 11) is 1.62. The molecular weight excluding hydrogens is 352 g/mol. The Bertz CT molecular complexity index is 735. The van der Waals surface area contributed by atoms with Crippen LogP contribution >= 0.6 is 23.1 Å². The maximum atomic E-state index is 12.2. The zero-order valence-corrected chi connectivity index (χ0v) is 14.8. The minimum absolute atomic E-state index is 0.0496. The molecule has 1 aromatic carbocycles. The van der Waals surface area contributed by atoms with Gasteiger partial charge in [-0.25, -0.2) is 0 Å². The number of nitrogens with zero attached hydrogens (tertiary/aromatic N) is 3. The van der Waals surface area contributed by atoms with Gasteiger partial charge in [-0.05, 0) is 6.92 Å². The predicted octanol–water partition coefficient (Wildman–Crippen LogP) is 2.79. The molecule has 1 heterocycles. The van der Waals surface area contributed by atoms with Crippen LogP contribution in [-0.2, 0) is 4.74 Å². The molecule has 0 fully saturated rings. The Morgan fingerprint density at radius 2 is 2.25 bits per heavy atom. The highest BCUT2D eigenvalue weighted by atomic mass is 32.2. The van der Waals surface area contributed by atoms with Gasteiger partial charge in [-0.2, -0.15) is 0 Å². The van der Waals surface area contributed by atoms with Gasteiger partial charge in [-0.15, -0.1) is 10.2 Å².